The highest BCUT2D eigenvalue weighted by Crippen LogP contribution is 2.32. The molecule has 0 bridgehead atoms. The summed E-state index contributed by atoms with van der Waals surface area (Å²) in [6.45, 7) is 3.01. The van der Waals surface area contributed by atoms with Gasteiger partial charge in [-0.2, -0.15) is 0 Å². The molecule has 5 heteroatoms. The number of hydrogen-bond donors (Lipinski definition) is 1. The summed E-state index contributed by atoms with van der Waals surface area (Å²) < 4.78 is 5.55. The first-order chi connectivity index (χ1) is 8.63. The van der Waals surface area contributed by atoms with Crippen LogP contribution in [0.15, 0.2) is 0 Å². The first kappa shape index (κ1) is 13.3. The van der Waals surface area contributed by atoms with Gasteiger partial charge in [0.2, 0.25) is 5.91 Å². The summed E-state index contributed by atoms with van der Waals surface area (Å²) in [5.41, 5.74) is 0. The van der Waals surface area contributed by atoms with Gasteiger partial charge in [0.1, 0.15) is 0 Å². The van der Waals surface area contributed by atoms with Crippen molar-refractivity contribution in [1.82, 2.24) is 4.90 Å². The van der Waals surface area contributed by atoms with Gasteiger partial charge in [-0.05, 0) is 25.7 Å². The fraction of sp³-hybridized carbons (Fsp3) is 0.846. The largest absolute Gasteiger partial charge is 0.481 e. The maximum absolute atomic E-state index is 12.5. The first-order valence-electron chi connectivity index (χ1n) is 6.77. The molecule has 1 aliphatic carbocycles. The molecule has 1 saturated heterocycles. The molecular formula is C13H21NO4. The number of carboxylic acid groups (broad SMARTS) is 1. The lowest BCUT2D eigenvalue weighted by Gasteiger charge is -2.27. The van der Waals surface area contributed by atoms with E-state index in [0.717, 1.165) is 25.7 Å². The van der Waals surface area contributed by atoms with Gasteiger partial charge in [0, 0.05) is 19.2 Å². The minimum atomic E-state index is -0.844. The van der Waals surface area contributed by atoms with E-state index in [1.807, 2.05) is 6.92 Å². The van der Waals surface area contributed by atoms with E-state index in [1.54, 1.807) is 4.90 Å². The summed E-state index contributed by atoms with van der Waals surface area (Å²) in [5, 5.41) is 8.75. The molecule has 0 aromatic rings. The van der Waals surface area contributed by atoms with Gasteiger partial charge in [-0.3, -0.25) is 9.59 Å². The fourth-order valence-corrected chi connectivity index (χ4v) is 2.62. The van der Waals surface area contributed by atoms with Gasteiger partial charge in [-0.15, -0.1) is 0 Å². The lowest BCUT2D eigenvalue weighted by Crippen LogP contribution is -2.41. The average Bonchev–Trinajstić information content (AvgIpc) is 3.06. The molecule has 18 heavy (non-hydrogen) atoms. The second kappa shape index (κ2) is 5.69. The molecule has 2 atom stereocenters. The Morgan fingerprint density at radius 3 is 2.61 bits per heavy atom. The summed E-state index contributed by atoms with van der Waals surface area (Å²) in [7, 11) is 0. The number of carbonyl (C=O) groups is 2. The van der Waals surface area contributed by atoms with E-state index < -0.39 is 5.97 Å². The molecular weight excluding hydrogens is 234 g/mol. The number of hydrogen-bond acceptors (Lipinski definition) is 3. The van der Waals surface area contributed by atoms with E-state index in [4.69, 9.17) is 9.84 Å². The van der Waals surface area contributed by atoms with Crippen LogP contribution < -0.4 is 0 Å². The van der Waals surface area contributed by atoms with E-state index in [-0.39, 0.29) is 30.4 Å². The second-order valence-corrected chi connectivity index (χ2v) is 5.12. The summed E-state index contributed by atoms with van der Waals surface area (Å²) in [6.07, 6.45) is 3.68. The zero-order chi connectivity index (χ0) is 13.1. The second-order valence-electron chi connectivity index (χ2n) is 5.12. The van der Waals surface area contributed by atoms with Crippen LogP contribution in [0.3, 0.4) is 0 Å². The Morgan fingerprint density at radius 1 is 1.33 bits per heavy atom. The Kier molecular flexibility index (Phi) is 4.22. The Balaban J connectivity index is 1.96. The Morgan fingerprint density at radius 2 is 2.06 bits per heavy atom. The Labute approximate surface area is 107 Å². The molecule has 0 aromatic heterocycles. The van der Waals surface area contributed by atoms with Gasteiger partial charge in [0.25, 0.3) is 0 Å². The van der Waals surface area contributed by atoms with E-state index in [1.165, 1.54) is 0 Å². The van der Waals surface area contributed by atoms with Crippen molar-refractivity contribution in [1.29, 1.82) is 0 Å². The van der Waals surface area contributed by atoms with Crippen LogP contribution in [0.2, 0.25) is 0 Å². The lowest BCUT2D eigenvalue weighted by atomic mass is 9.97. The third-order valence-electron chi connectivity index (χ3n) is 3.77. The van der Waals surface area contributed by atoms with Crippen molar-refractivity contribution >= 4 is 11.9 Å². The van der Waals surface area contributed by atoms with Crippen molar-refractivity contribution in [2.45, 2.75) is 51.2 Å². The van der Waals surface area contributed by atoms with Gasteiger partial charge in [0.05, 0.1) is 18.4 Å². The minimum absolute atomic E-state index is 0.0172. The standard InChI is InChI=1S/C13H21NO4/c1-2-11-10(6-8-18-11)13(17)14(9-3-4-9)7-5-12(15)16/h9-11H,2-8H2,1H3,(H,15,16). The van der Waals surface area contributed by atoms with Gasteiger partial charge >= 0.3 is 5.97 Å². The number of nitrogens with zero attached hydrogens (tertiary/aromatic N) is 1. The van der Waals surface area contributed by atoms with E-state index in [0.29, 0.717) is 13.2 Å². The van der Waals surface area contributed by atoms with Crippen LogP contribution in [0.1, 0.15) is 39.0 Å². The maximum atomic E-state index is 12.5. The number of carboxylic acids is 1. The van der Waals surface area contributed by atoms with Crippen molar-refractivity contribution in [3.05, 3.63) is 0 Å². The smallest absolute Gasteiger partial charge is 0.305 e. The van der Waals surface area contributed by atoms with Crippen LogP contribution in [0.4, 0.5) is 0 Å². The molecule has 2 rings (SSSR count). The first-order valence-corrected chi connectivity index (χ1v) is 6.77. The number of rotatable bonds is 6. The molecule has 1 aliphatic heterocycles. The topological polar surface area (TPSA) is 66.8 Å². The monoisotopic (exact) mass is 255 g/mol. The van der Waals surface area contributed by atoms with Crippen molar-refractivity contribution in [3.63, 3.8) is 0 Å². The molecule has 1 heterocycles. The van der Waals surface area contributed by atoms with Crippen LogP contribution in [-0.2, 0) is 14.3 Å². The summed E-state index contributed by atoms with van der Waals surface area (Å²) >= 11 is 0. The van der Waals surface area contributed by atoms with Gasteiger partial charge in [0.15, 0.2) is 0 Å². The molecule has 102 valence electrons. The summed E-state index contributed by atoms with van der Waals surface area (Å²) in [4.78, 5) is 24.9. The molecule has 1 N–H and O–H groups in total. The van der Waals surface area contributed by atoms with E-state index in [9.17, 15) is 9.59 Å². The van der Waals surface area contributed by atoms with Crippen LogP contribution in [0.5, 0.6) is 0 Å². The quantitative estimate of drug-likeness (QED) is 0.776. The molecule has 1 amide bonds. The highest BCUT2D eigenvalue weighted by molar-refractivity contribution is 5.81. The van der Waals surface area contributed by atoms with Crippen LogP contribution in [0, 0.1) is 5.92 Å². The maximum Gasteiger partial charge on any atom is 0.305 e. The zero-order valence-corrected chi connectivity index (χ0v) is 10.8. The Bertz CT molecular complexity index is 327. The fourth-order valence-electron chi connectivity index (χ4n) is 2.62. The molecule has 0 spiro atoms. The van der Waals surface area contributed by atoms with Crippen LogP contribution >= 0.6 is 0 Å². The number of amides is 1. The average molecular weight is 255 g/mol. The number of ether oxygens (including phenoxy) is 1. The van der Waals surface area contributed by atoms with Gasteiger partial charge < -0.3 is 14.7 Å². The zero-order valence-electron chi connectivity index (χ0n) is 10.8. The Hall–Kier alpha value is -1.10. The van der Waals surface area contributed by atoms with Gasteiger partial charge in [-0.25, -0.2) is 0 Å². The predicted molar refractivity (Wildman–Crippen MR) is 65.1 cm³/mol. The van der Waals surface area contributed by atoms with Crippen LogP contribution in [-0.4, -0.2) is 47.2 Å². The molecule has 2 unspecified atom stereocenters. The van der Waals surface area contributed by atoms with Crippen molar-refractivity contribution < 1.29 is 19.4 Å². The van der Waals surface area contributed by atoms with Crippen molar-refractivity contribution in [2.75, 3.05) is 13.2 Å². The van der Waals surface area contributed by atoms with Crippen molar-refractivity contribution in [3.8, 4) is 0 Å². The third kappa shape index (κ3) is 3.02. The number of carbonyl (C=O) groups excluding carboxylic acids is 1. The summed E-state index contributed by atoms with van der Waals surface area (Å²) in [6, 6.07) is 0.273. The predicted octanol–water partition coefficient (Wildman–Crippen LogP) is 1.27. The molecule has 2 aliphatic rings. The van der Waals surface area contributed by atoms with Crippen LogP contribution in [0.25, 0.3) is 0 Å². The van der Waals surface area contributed by atoms with Gasteiger partial charge in [-0.1, -0.05) is 6.92 Å². The molecule has 5 nitrogen and oxygen atoms in total. The highest BCUT2D eigenvalue weighted by atomic mass is 16.5. The van der Waals surface area contributed by atoms with E-state index >= 15 is 0 Å². The highest BCUT2D eigenvalue weighted by Gasteiger charge is 2.40. The molecule has 2 fully saturated rings. The SMILES string of the molecule is CCC1OCCC1C(=O)N(CCC(=O)O)C1CC1. The lowest BCUT2D eigenvalue weighted by molar-refractivity contribution is -0.141. The third-order valence-corrected chi connectivity index (χ3v) is 3.77. The normalized spacial score (nSPS) is 27.2. The molecule has 0 radical (unpaired) electrons. The van der Waals surface area contributed by atoms with Crippen molar-refractivity contribution in [2.24, 2.45) is 5.92 Å². The minimum Gasteiger partial charge on any atom is -0.481 e. The van der Waals surface area contributed by atoms with E-state index in [2.05, 4.69) is 0 Å². The molecule has 1 saturated carbocycles. The molecule has 0 aromatic carbocycles. The number of aliphatic carboxylic acids is 1. The summed E-state index contributed by atoms with van der Waals surface area (Å²) in [5.74, 6) is -0.810.